The Morgan fingerprint density at radius 3 is 2.17 bits per heavy atom. The molecule has 0 aliphatic carbocycles. The Balaban J connectivity index is 2.73. The largest absolute Gasteiger partial charge is 0.234 e. The molecule has 0 aromatic carbocycles. The molecule has 0 heterocycles. The van der Waals surface area contributed by atoms with Gasteiger partial charge in [0.15, 0.2) is 0 Å². The van der Waals surface area contributed by atoms with Crippen LogP contribution in [-0.4, -0.2) is 24.6 Å². The average Bonchev–Trinajstić information content (AvgIpc) is 2.10. The molecule has 0 aliphatic rings. The zero-order valence-electron chi connectivity index (χ0n) is 6.82. The highest BCUT2D eigenvalue weighted by Gasteiger charge is 1.90. The molecule has 0 fully saturated rings. The van der Waals surface area contributed by atoms with Crippen LogP contribution in [0.4, 0.5) is 0 Å². The molecule has 12 heavy (non-hydrogen) atoms. The molecule has 0 atom stereocenters. The topological polar surface area (TPSA) is 24.1 Å². The summed E-state index contributed by atoms with van der Waals surface area (Å²) in [5, 5.41) is 0. The lowest BCUT2D eigenvalue weighted by atomic mass is 10.3. The van der Waals surface area contributed by atoms with Crippen molar-refractivity contribution < 1.29 is 0 Å². The molecule has 2 nitrogen and oxygen atoms in total. The van der Waals surface area contributed by atoms with E-state index in [9.17, 15) is 0 Å². The van der Waals surface area contributed by atoms with Crippen LogP contribution in [0.2, 0.25) is 0 Å². The van der Waals surface area contributed by atoms with E-state index in [0.29, 0.717) is 0 Å². The first-order valence-electron chi connectivity index (χ1n) is 3.83. The fourth-order valence-electron chi connectivity index (χ4n) is 0.551. The maximum Gasteiger partial charge on any atom is 0.0207 e. The highest BCUT2D eigenvalue weighted by atomic mass is 35.5. The molecular weight excluding hydrogens is 235 g/mol. The van der Waals surface area contributed by atoms with E-state index in [-0.39, 0.29) is 0 Å². The minimum Gasteiger partial charge on any atom is -0.234 e. The van der Waals surface area contributed by atoms with Crippen LogP contribution < -0.4 is 9.67 Å². The standard InChI is InChI=1S/C6H14Cl2N2S2/c7-9-3-1-2-5-11-12-6-4-10-8/h9-10H,1-6H2. The first-order valence-corrected chi connectivity index (χ1v) is 7.07. The van der Waals surface area contributed by atoms with Crippen molar-refractivity contribution in [1.82, 2.24) is 9.67 Å². The van der Waals surface area contributed by atoms with Crippen molar-refractivity contribution >= 4 is 45.1 Å². The summed E-state index contributed by atoms with van der Waals surface area (Å²) in [5.41, 5.74) is 0. The second-order valence-electron chi connectivity index (χ2n) is 2.12. The third-order valence-electron chi connectivity index (χ3n) is 1.11. The van der Waals surface area contributed by atoms with E-state index in [2.05, 4.69) is 9.67 Å². The molecule has 0 spiro atoms. The molecule has 0 aliphatic heterocycles. The maximum atomic E-state index is 5.30. The molecule has 0 saturated heterocycles. The van der Waals surface area contributed by atoms with Crippen LogP contribution in [0.1, 0.15) is 12.8 Å². The summed E-state index contributed by atoms with van der Waals surface area (Å²) in [4.78, 5) is 5.20. The van der Waals surface area contributed by atoms with Crippen LogP contribution in [-0.2, 0) is 0 Å². The summed E-state index contributed by atoms with van der Waals surface area (Å²) >= 11 is 10.6. The summed E-state index contributed by atoms with van der Waals surface area (Å²) in [7, 11) is 3.74. The van der Waals surface area contributed by atoms with Gasteiger partial charge in [-0.05, 0) is 36.4 Å². The maximum absolute atomic E-state index is 5.30. The van der Waals surface area contributed by atoms with Crippen LogP contribution in [0.3, 0.4) is 0 Å². The van der Waals surface area contributed by atoms with Crippen molar-refractivity contribution in [3.05, 3.63) is 0 Å². The first kappa shape index (κ1) is 13.2. The van der Waals surface area contributed by atoms with Gasteiger partial charge in [-0.2, -0.15) is 0 Å². The normalized spacial score (nSPS) is 10.5. The molecule has 0 aromatic rings. The summed E-state index contributed by atoms with van der Waals surface area (Å²) in [6.45, 7) is 1.76. The van der Waals surface area contributed by atoms with Gasteiger partial charge in [0.2, 0.25) is 0 Å². The van der Waals surface area contributed by atoms with Gasteiger partial charge in [-0.25, -0.2) is 9.67 Å². The van der Waals surface area contributed by atoms with Crippen molar-refractivity contribution in [2.24, 2.45) is 0 Å². The summed E-state index contributed by atoms with van der Waals surface area (Å²) in [5.74, 6) is 2.24. The van der Waals surface area contributed by atoms with Gasteiger partial charge in [0, 0.05) is 24.6 Å². The lowest BCUT2D eigenvalue weighted by Crippen LogP contribution is -2.02. The Bertz CT molecular complexity index is 77.9. The van der Waals surface area contributed by atoms with Gasteiger partial charge in [0.25, 0.3) is 0 Å². The molecule has 0 unspecified atom stereocenters. The molecule has 0 rings (SSSR count). The van der Waals surface area contributed by atoms with Crippen molar-refractivity contribution in [3.63, 3.8) is 0 Å². The Labute approximate surface area is 92.1 Å². The summed E-state index contributed by atoms with van der Waals surface area (Å²) in [6.07, 6.45) is 2.36. The molecule has 74 valence electrons. The Kier molecular flexibility index (Phi) is 13.4. The van der Waals surface area contributed by atoms with Crippen LogP contribution in [0.25, 0.3) is 0 Å². The van der Waals surface area contributed by atoms with Crippen LogP contribution >= 0.6 is 45.1 Å². The number of nitrogens with one attached hydrogen (secondary N) is 2. The zero-order chi connectivity index (χ0) is 9.07. The Hall–Kier alpha value is 1.20. The molecule has 0 saturated carbocycles. The van der Waals surface area contributed by atoms with Gasteiger partial charge in [-0.3, -0.25) is 0 Å². The van der Waals surface area contributed by atoms with Gasteiger partial charge in [0.1, 0.15) is 0 Å². The van der Waals surface area contributed by atoms with Crippen molar-refractivity contribution in [1.29, 1.82) is 0 Å². The van der Waals surface area contributed by atoms with E-state index < -0.39 is 0 Å². The number of unbranched alkanes of at least 4 members (excludes halogenated alkanes) is 1. The van der Waals surface area contributed by atoms with Gasteiger partial charge in [-0.15, -0.1) is 0 Å². The SMILES string of the molecule is ClNCCCCSSCCNCl. The Morgan fingerprint density at radius 1 is 0.833 bits per heavy atom. The number of rotatable bonds is 9. The Morgan fingerprint density at radius 2 is 1.50 bits per heavy atom. The predicted molar refractivity (Wildman–Crippen MR) is 61.9 cm³/mol. The summed E-state index contributed by atoms with van der Waals surface area (Å²) in [6, 6.07) is 0. The lowest BCUT2D eigenvalue weighted by Gasteiger charge is -1.99. The van der Waals surface area contributed by atoms with E-state index in [1.54, 1.807) is 0 Å². The van der Waals surface area contributed by atoms with E-state index in [1.165, 1.54) is 12.2 Å². The highest BCUT2D eigenvalue weighted by Crippen LogP contribution is 2.21. The molecule has 0 radical (unpaired) electrons. The van der Waals surface area contributed by atoms with Crippen molar-refractivity contribution in [2.75, 3.05) is 24.6 Å². The highest BCUT2D eigenvalue weighted by molar-refractivity contribution is 8.76. The fraction of sp³-hybridized carbons (Fsp3) is 1.00. The van der Waals surface area contributed by atoms with E-state index in [1.807, 2.05) is 21.6 Å². The first-order chi connectivity index (χ1) is 5.91. The fourth-order valence-corrected chi connectivity index (χ4v) is 2.94. The van der Waals surface area contributed by atoms with Crippen LogP contribution in [0.5, 0.6) is 0 Å². The van der Waals surface area contributed by atoms with E-state index >= 15 is 0 Å². The number of hydrogen-bond donors (Lipinski definition) is 2. The van der Waals surface area contributed by atoms with Gasteiger partial charge >= 0.3 is 0 Å². The smallest absolute Gasteiger partial charge is 0.0207 e. The molecule has 0 bridgehead atoms. The minimum absolute atomic E-state index is 0.864. The molecule has 2 N–H and O–H groups in total. The molecule has 6 heteroatoms. The third kappa shape index (κ3) is 11.2. The lowest BCUT2D eigenvalue weighted by molar-refractivity contribution is 0.778. The van der Waals surface area contributed by atoms with Crippen LogP contribution in [0.15, 0.2) is 0 Å². The third-order valence-corrected chi connectivity index (χ3v) is 3.98. The van der Waals surface area contributed by atoms with Gasteiger partial charge in [0.05, 0.1) is 0 Å². The second kappa shape index (κ2) is 12.2. The van der Waals surface area contributed by atoms with E-state index in [4.69, 9.17) is 23.6 Å². The quantitative estimate of drug-likeness (QED) is 0.372. The molecule has 0 aromatic heterocycles. The van der Waals surface area contributed by atoms with Gasteiger partial charge < -0.3 is 0 Å². The number of halogens is 2. The van der Waals surface area contributed by atoms with Crippen molar-refractivity contribution in [3.8, 4) is 0 Å². The van der Waals surface area contributed by atoms with Crippen LogP contribution in [0, 0.1) is 0 Å². The van der Waals surface area contributed by atoms with Crippen molar-refractivity contribution in [2.45, 2.75) is 12.8 Å². The average molecular weight is 249 g/mol. The number of hydrogen-bond acceptors (Lipinski definition) is 4. The predicted octanol–water partition coefficient (Wildman–Crippen LogP) is 2.63. The second-order valence-corrected chi connectivity index (χ2v) is 5.35. The monoisotopic (exact) mass is 248 g/mol. The van der Waals surface area contributed by atoms with Gasteiger partial charge in [-0.1, -0.05) is 21.6 Å². The zero-order valence-corrected chi connectivity index (χ0v) is 9.96. The summed E-state index contributed by atoms with van der Waals surface area (Å²) < 4.78 is 0. The van der Waals surface area contributed by atoms with E-state index in [0.717, 1.165) is 25.3 Å². The molecular formula is C6H14Cl2N2S2. The minimum atomic E-state index is 0.864. The molecule has 0 amide bonds.